The van der Waals surface area contributed by atoms with Gasteiger partial charge in [0.15, 0.2) is 0 Å². The molecular formula is C22H27N3O4S. The van der Waals surface area contributed by atoms with Crippen molar-refractivity contribution < 1.29 is 17.9 Å². The summed E-state index contributed by atoms with van der Waals surface area (Å²) in [5.41, 5.74) is 3.58. The molecule has 8 heteroatoms. The van der Waals surface area contributed by atoms with Crippen LogP contribution >= 0.6 is 0 Å². The Bertz CT molecular complexity index is 1020. The zero-order valence-corrected chi connectivity index (χ0v) is 17.9. The van der Waals surface area contributed by atoms with Gasteiger partial charge >= 0.3 is 0 Å². The predicted octanol–water partition coefficient (Wildman–Crippen LogP) is 2.24. The lowest BCUT2D eigenvalue weighted by Crippen LogP contribution is -2.51. The molecule has 1 saturated heterocycles. The summed E-state index contributed by atoms with van der Waals surface area (Å²) in [7, 11) is -3.54. The molecule has 2 aliphatic heterocycles. The summed E-state index contributed by atoms with van der Waals surface area (Å²) >= 11 is 0. The number of hydrogen-bond acceptors (Lipinski definition) is 5. The van der Waals surface area contributed by atoms with Crippen molar-refractivity contribution in [2.45, 2.75) is 25.9 Å². The highest BCUT2D eigenvalue weighted by molar-refractivity contribution is 7.89. The summed E-state index contributed by atoms with van der Waals surface area (Å²) < 4.78 is 32.3. The van der Waals surface area contributed by atoms with Crippen molar-refractivity contribution in [3.05, 3.63) is 59.7 Å². The fourth-order valence-electron chi connectivity index (χ4n) is 4.06. The first-order valence-corrected chi connectivity index (χ1v) is 11.9. The maximum atomic E-state index is 13.3. The lowest BCUT2D eigenvalue weighted by Gasteiger charge is -2.35. The summed E-state index contributed by atoms with van der Waals surface area (Å²) in [5.74, 6) is -0.342. The molecule has 4 rings (SSSR count). The Morgan fingerprint density at radius 2 is 1.73 bits per heavy atom. The highest BCUT2D eigenvalue weighted by Crippen LogP contribution is 2.30. The molecule has 0 spiro atoms. The van der Waals surface area contributed by atoms with E-state index in [9.17, 15) is 13.2 Å². The molecule has 1 amide bonds. The van der Waals surface area contributed by atoms with Crippen LogP contribution < -0.4 is 10.2 Å². The molecule has 2 heterocycles. The summed E-state index contributed by atoms with van der Waals surface area (Å²) in [4.78, 5) is 15.5. The monoisotopic (exact) mass is 429 g/mol. The van der Waals surface area contributed by atoms with E-state index in [1.165, 1.54) is 4.31 Å². The van der Waals surface area contributed by atoms with Crippen LogP contribution in [0.25, 0.3) is 0 Å². The van der Waals surface area contributed by atoms with Gasteiger partial charge in [-0.1, -0.05) is 36.4 Å². The van der Waals surface area contributed by atoms with Crippen LogP contribution in [0.1, 0.15) is 18.1 Å². The number of carbonyl (C=O) groups is 1. The summed E-state index contributed by atoms with van der Waals surface area (Å²) in [6.07, 6.45) is 0.362. The second-order valence-corrected chi connectivity index (χ2v) is 9.75. The average Bonchev–Trinajstić information content (AvgIpc) is 2.79. The highest BCUT2D eigenvalue weighted by atomic mass is 32.2. The number of benzene rings is 2. The van der Waals surface area contributed by atoms with Crippen molar-refractivity contribution in [3.8, 4) is 0 Å². The molecule has 160 valence electrons. The minimum atomic E-state index is -3.54. The van der Waals surface area contributed by atoms with Gasteiger partial charge in [0.25, 0.3) is 0 Å². The molecule has 2 aliphatic rings. The number of carbonyl (C=O) groups excluding carboxylic acids is 1. The maximum absolute atomic E-state index is 13.3. The molecular weight excluding hydrogens is 402 g/mol. The zero-order valence-electron chi connectivity index (χ0n) is 17.1. The van der Waals surface area contributed by atoms with Gasteiger partial charge in [0.2, 0.25) is 15.9 Å². The number of para-hydroxylation sites is 2. The molecule has 7 nitrogen and oxygen atoms in total. The number of ether oxygens (including phenoxy) is 1. The van der Waals surface area contributed by atoms with Crippen LogP contribution in [0, 0.1) is 0 Å². The normalized spacial score (nSPS) is 19.9. The number of hydrogen-bond donors (Lipinski definition) is 1. The van der Waals surface area contributed by atoms with Crippen LogP contribution in [-0.4, -0.2) is 56.7 Å². The van der Waals surface area contributed by atoms with Gasteiger partial charge in [-0.2, -0.15) is 4.31 Å². The summed E-state index contributed by atoms with van der Waals surface area (Å²) in [6, 6.07) is 14.6. The average molecular weight is 430 g/mol. The molecule has 0 aromatic heterocycles. The van der Waals surface area contributed by atoms with Gasteiger partial charge in [0, 0.05) is 19.6 Å². The molecule has 1 fully saturated rings. The van der Waals surface area contributed by atoms with Crippen molar-refractivity contribution in [2.24, 2.45) is 0 Å². The number of fused-ring (bicyclic) bond motifs is 1. The quantitative estimate of drug-likeness (QED) is 0.789. The third kappa shape index (κ3) is 4.21. The Labute approximate surface area is 177 Å². The van der Waals surface area contributed by atoms with E-state index in [1.54, 1.807) is 6.92 Å². The van der Waals surface area contributed by atoms with Crippen molar-refractivity contribution in [1.29, 1.82) is 0 Å². The van der Waals surface area contributed by atoms with Gasteiger partial charge in [-0.05, 0) is 36.6 Å². The van der Waals surface area contributed by atoms with Gasteiger partial charge in [0.05, 0.1) is 30.3 Å². The number of amides is 1. The summed E-state index contributed by atoms with van der Waals surface area (Å²) in [5, 5.41) is 3.01. The molecule has 30 heavy (non-hydrogen) atoms. The Morgan fingerprint density at radius 3 is 2.47 bits per heavy atom. The van der Waals surface area contributed by atoms with Gasteiger partial charge in [-0.3, -0.25) is 4.79 Å². The highest BCUT2D eigenvalue weighted by Gasteiger charge is 2.38. The van der Waals surface area contributed by atoms with E-state index in [1.807, 2.05) is 48.5 Å². The Kier molecular flexibility index (Phi) is 6.08. The maximum Gasteiger partial charge on any atom is 0.243 e. The van der Waals surface area contributed by atoms with Crippen LogP contribution in [0.2, 0.25) is 0 Å². The third-order valence-corrected chi connectivity index (χ3v) is 7.57. The number of nitrogens with one attached hydrogen (secondary N) is 1. The number of nitrogens with zero attached hydrogens (tertiary/aromatic N) is 2. The SMILES string of the molecule is CCS(=O)(=O)N1Cc2ccccc2CC1C(=O)Nc1ccccc1N1CCOCC1. The predicted molar refractivity (Wildman–Crippen MR) is 117 cm³/mol. The fourth-order valence-corrected chi connectivity index (χ4v) is 5.28. The molecule has 2 aromatic carbocycles. The first-order valence-electron chi connectivity index (χ1n) is 10.3. The van der Waals surface area contributed by atoms with E-state index in [2.05, 4.69) is 10.2 Å². The third-order valence-electron chi connectivity index (χ3n) is 5.74. The number of rotatable bonds is 5. The van der Waals surface area contributed by atoms with Crippen LogP contribution in [-0.2, 0) is 32.5 Å². The van der Waals surface area contributed by atoms with E-state index in [-0.39, 0.29) is 18.2 Å². The van der Waals surface area contributed by atoms with Gasteiger partial charge in [-0.15, -0.1) is 0 Å². The van der Waals surface area contributed by atoms with Crippen LogP contribution in [0.3, 0.4) is 0 Å². The minimum Gasteiger partial charge on any atom is -0.378 e. The van der Waals surface area contributed by atoms with Crippen molar-refractivity contribution in [3.63, 3.8) is 0 Å². The Hall–Kier alpha value is -2.42. The summed E-state index contributed by atoms with van der Waals surface area (Å²) in [6.45, 7) is 4.61. The van der Waals surface area contributed by atoms with E-state index < -0.39 is 16.1 Å². The van der Waals surface area contributed by atoms with E-state index >= 15 is 0 Å². The van der Waals surface area contributed by atoms with Crippen molar-refractivity contribution in [1.82, 2.24) is 4.31 Å². The van der Waals surface area contributed by atoms with Gasteiger partial charge in [-0.25, -0.2) is 8.42 Å². The zero-order chi connectivity index (χ0) is 21.1. The molecule has 1 N–H and O–H groups in total. The topological polar surface area (TPSA) is 79.0 Å². The minimum absolute atomic E-state index is 0.0384. The smallest absolute Gasteiger partial charge is 0.243 e. The fraction of sp³-hybridized carbons (Fsp3) is 0.409. The second-order valence-electron chi connectivity index (χ2n) is 7.54. The van der Waals surface area contributed by atoms with E-state index in [4.69, 9.17) is 4.74 Å². The van der Waals surface area contributed by atoms with Crippen molar-refractivity contribution >= 4 is 27.3 Å². The molecule has 0 radical (unpaired) electrons. The number of sulfonamides is 1. The van der Waals surface area contributed by atoms with Crippen molar-refractivity contribution in [2.75, 3.05) is 42.3 Å². The lowest BCUT2D eigenvalue weighted by molar-refractivity contribution is -0.120. The molecule has 2 aromatic rings. The Morgan fingerprint density at radius 1 is 1.07 bits per heavy atom. The standard InChI is InChI=1S/C22H27N3O4S/c1-2-30(27,28)25-16-18-8-4-3-7-17(18)15-21(25)22(26)23-19-9-5-6-10-20(19)24-11-13-29-14-12-24/h3-10,21H,2,11-16H2,1H3,(H,23,26). The number of morpholine rings is 1. The first-order chi connectivity index (χ1) is 14.5. The van der Waals surface area contributed by atoms with Gasteiger partial charge in [0.1, 0.15) is 6.04 Å². The molecule has 1 unspecified atom stereocenters. The lowest BCUT2D eigenvalue weighted by atomic mass is 9.95. The first kappa shape index (κ1) is 20.8. The van der Waals surface area contributed by atoms with E-state index in [0.29, 0.717) is 25.3 Å². The number of anilines is 2. The molecule has 0 bridgehead atoms. The largest absolute Gasteiger partial charge is 0.378 e. The van der Waals surface area contributed by atoms with E-state index in [0.717, 1.165) is 29.9 Å². The molecule has 0 saturated carbocycles. The molecule has 1 atom stereocenters. The van der Waals surface area contributed by atoms with Crippen LogP contribution in [0.15, 0.2) is 48.5 Å². The van der Waals surface area contributed by atoms with Crippen LogP contribution in [0.4, 0.5) is 11.4 Å². The van der Waals surface area contributed by atoms with Crippen LogP contribution in [0.5, 0.6) is 0 Å². The molecule has 0 aliphatic carbocycles. The van der Waals surface area contributed by atoms with Gasteiger partial charge < -0.3 is 15.0 Å². The second kappa shape index (κ2) is 8.75. The Balaban J connectivity index is 1.62.